The van der Waals surface area contributed by atoms with Crippen LogP contribution in [0.15, 0.2) is 79.4 Å². The van der Waals surface area contributed by atoms with Gasteiger partial charge >= 0.3 is 5.97 Å². The van der Waals surface area contributed by atoms with Gasteiger partial charge in [-0.05, 0) is 6.07 Å². The third kappa shape index (κ3) is 3.84. The Hall–Kier alpha value is -3.01. The third-order valence-corrected chi connectivity index (χ3v) is 3.85. The smallest absolute Gasteiger partial charge is 0.338 e. The lowest BCUT2D eigenvalue weighted by Crippen LogP contribution is -2.34. The number of nitrogens with zero attached hydrogens (tertiary/aromatic N) is 2. The first kappa shape index (κ1) is 15.9. The summed E-state index contributed by atoms with van der Waals surface area (Å²) < 4.78 is 9.07. The second-order valence-corrected chi connectivity index (χ2v) is 5.58. The molecule has 0 saturated carbocycles. The molecule has 120 valence electrons. The third-order valence-electron chi connectivity index (χ3n) is 3.85. The molecule has 2 heterocycles. The summed E-state index contributed by atoms with van der Waals surface area (Å²) in [6, 6.07) is 17.9. The minimum Gasteiger partial charge on any atom is -0.465 e. The number of hydrogen-bond acceptors (Lipinski definition) is 2. The summed E-state index contributed by atoms with van der Waals surface area (Å²) >= 11 is 0. The van der Waals surface area contributed by atoms with Gasteiger partial charge in [-0.2, -0.15) is 0 Å². The van der Waals surface area contributed by atoms with E-state index in [1.807, 2.05) is 77.9 Å². The van der Waals surface area contributed by atoms with Crippen molar-refractivity contribution in [1.82, 2.24) is 0 Å². The van der Waals surface area contributed by atoms with E-state index in [9.17, 15) is 4.79 Å². The zero-order valence-electron chi connectivity index (χ0n) is 13.6. The monoisotopic (exact) mass is 320 g/mol. The highest BCUT2D eigenvalue weighted by atomic mass is 16.5. The van der Waals surface area contributed by atoms with E-state index in [2.05, 4.69) is 10.6 Å². The van der Waals surface area contributed by atoms with Crippen LogP contribution in [-0.4, -0.2) is 13.1 Å². The number of benzene rings is 1. The Morgan fingerprint density at radius 3 is 2.04 bits per heavy atom. The molecule has 0 saturated heterocycles. The zero-order chi connectivity index (χ0) is 16.8. The van der Waals surface area contributed by atoms with Gasteiger partial charge in [0.15, 0.2) is 37.9 Å². The lowest BCUT2D eigenvalue weighted by molar-refractivity contribution is -0.689. The fourth-order valence-corrected chi connectivity index (χ4v) is 2.65. The van der Waals surface area contributed by atoms with Crippen LogP contribution in [0.4, 0.5) is 0 Å². The van der Waals surface area contributed by atoms with Crippen molar-refractivity contribution in [2.24, 2.45) is 0 Å². The van der Waals surface area contributed by atoms with E-state index in [0.29, 0.717) is 18.7 Å². The molecule has 4 heteroatoms. The quantitative estimate of drug-likeness (QED) is 0.533. The van der Waals surface area contributed by atoms with E-state index in [0.717, 1.165) is 11.1 Å². The van der Waals surface area contributed by atoms with Gasteiger partial charge in [0.2, 0.25) is 0 Å². The van der Waals surface area contributed by atoms with E-state index in [1.54, 1.807) is 0 Å². The van der Waals surface area contributed by atoms with Gasteiger partial charge in [0, 0.05) is 35.4 Å². The number of rotatable bonds is 5. The lowest BCUT2D eigenvalue weighted by Gasteiger charge is -2.07. The minimum atomic E-state index is -0.304. The van der Waals surface area contributed by atoms with Crippen LogP contribution in [0.25, 0.3) is 0 Å². The second-order valence-electron chi connectivity index (χ2n) is 5.58. The Morgan fingerprint density at radius 1 is 0.875 bits per heavy atom. The maximum absolute atomic E-state index is 12.2. The highest BCUT2D eigenvalue weighted by Crippen LogP contribution is 2.14. The first-order valence-corrected chi connectivity index (χ1v) is 7.84. The number of carbonyl (C=O) groups is 1. The highest BCUT2D eigenvalue weighted by molar-refractivity contribution is 5.91. The summed E-state index contributed by atoms with van der Waals surface area (Å²) in [4.78, 5) is 12.2. The maximum Gasteiger partial charge on any atom is 0.338 e. The molecular weight excluding hydrogens is 300 g/mol. The Bertz CT molecular complexity index is 818. The van der Waals surface area contributed by atoms with E-state index < -0.39 is 0 Å². The average Bonchev–Trinajstić information content (AvgIpc) is 2.64. The van der Waals surface area contributed by atoms with Gasteiger partial charge < -0.3 is 4.74 Å². The molecule has 4 nitrogen and oxygen atoms in total. The molecule has 1 aromatic carbocycles. The molecule has 0 spiro atoms. The van der Waals surface area contributed by atoms with Crippen LogP contribution in [0.5, 0.6) is 0 Å². The maximum atomic E-state index is 12.2. The van der Waals surface area contributed by atoms with E-state index >= 15 is 0 Å². The summed E-state index contributed by atoms with van der Waals surface area (Å²) in [6.45, 7) is 1.34. The van der Waals surface area contributed by atoms with Crippen molar-refractivity contribution in [3.8, 4) is 0 Å². The normalized spacial score (nSPS) is 10.4. The van der Waals surface area contributed by atoms with Crippen LogP contribution in [0.1, 0.15) is 21.5 Å². The van der Waals surface area contributed by atoms with Crippen LogP contribution < -0.4 is 9.13 Å². The SMILES string of the molecule is COC(=O)c1cc(C[n+]2ccccc2)ccc1C[n+]1ccccc1. The summed E-state index contributed by atoms with van der Waals surface area (Å²) in [5.74, 6) is -0.304. The topological polar surface area (TPSA) is 34.1 Å². The van der Waals surface area contributed by atoms with Crippen LogP contribution in [0, 0.1) is 0 Å². The number of carbonyl (C=O) groups excluding carboxylic acids is 1. The molecule has 0 unspecified atom stereocenters. The van der Waals surface area contributed by atoms with Crippen molar-refractivity contribution in [3.05, 3.63) is 96.1 Å². The van der Waals surface area contributed by atoms with Crippen molar-refractivity contribution < 1.29 is 18.7 Å². The van der Waals surface area contributed by atoms with Crippen LogP contribution in [0.2, 0.25) is 0 Å². The molecule has 3 rings (SSSR count). The number of hydrogen-bond donors (Lipinski definition) is 0. The van der Waals surface area contributed by atoms with E-state index in [1.165, 1.54) is 7.11 Å². The molecule has 3 aromatic rings. The molecule has 2 aromatic heterocycles. The van der Waals surface area contributed by atoms with Crippen molar-refractivity contribution >= 4 is 5.97 Å². The summed E-state index contributed by atoms with van der Waals surface area (Å²) in [7, 11) is 1.42. The van der Waals surface area contributed by atoms with Gasteiger partial charge in [0.25, 0.3) is 0 Å². The minimum absolute atomic E-state index is 0.304. The van der Waals surface area contributed by atoms with Gasteiger partial charge in [-0.1, -0.05) is 24.3 Å². The number of methoxy groups -OCH3 is 1. The Labute approximate surface area is 141 Å². The molecule has 0 amide bonds. The fraction of sp³-hybridized carbons (Fsp3) is 0.150. The van der Waals surface area contributed by atoms with E-state index in [-0.39, 0.29) is 5.97 Å². The standard InChI is InChI=1S/C20H20N2O2/c1-24-20(23)19-14-17(15-21-10-4-2-5-11-21)8-9-18(19)16-22-12-6-3-7-13-22/h2-14H,15-16H2,1H3/q+2. The largest absolute Gasteiger partial charge is 0.465 e. The van der Waals surface area contributed by atoms with Gasteiger partial charge in [-0.25, -0.2) is 13.9 Å². The van der Waals surface area contributed by atoms with Gasteiger partial charge in [-0.15, -0.1) is 0 Å². The lowest BCUT2D eigenvalue weighted by atomic mass is 10.0. The number of ether oxygens (including phenoxy) is 1. The second kappa shape index (κ2) is 7.51. The predicted molar refractivity (Wildman–Crippen MR) is 89.3 cm³/mol. The summed E-state index contributed by atoms with van der Waals surface area (Å²) in [5, 5.41) is 0. The first-order chi connectivity index (χ1) is 11.8. The van der Waals surface area contributed by atoms with Crippen molar-refractivity contribution in [2.45, 2.75) is 13.1 Å². The molecule has 24 heavy (non-hydrogen) atoms. The fourth-order valence-electron chi connectivity index (χ4n) is 2.65. The number of esters is 1. The predicted octanol–water partition coefficient (Wildman–Crippen LogP) is 2.14. The summed E-state index contributed by atoms with van der Waals surface area (Å²) in [5.41, 5.74) is 2.62. The van der Waals surface area contributed by atoms with Crippen LogP contribution >= 0.6 is 0 Å². The van der Waals surface area contributed by atoms with Gasteiger partial charge in [-0.3, -0.25) is 0 Å². The van der Waals surface area contributed by atoms with E-state index in [4.69, 9.17) is 4.74 Å². The molecule has 0 aliphatic carbocycles. The first-order valence-electron chi connectivity index (χ1n) is 7.84. The Kier molecular flexibility index (Phi) is 4.96. The molecule has 0 bridgehead atoms. The van der Waals surface area contributed by atoms with Crippen LogP contribution in [-0.2, 0) is 17.8 Å². The van der Waals surface area contributed by atoms with Gasteiger partial charge in [0.1, 0.15) is 0 Å². The Morgan fingerprint density at radius 2 is 1.46 bits per heavy atom. The van der Waals surface area contributed by atoms with Gasteiger partial charge in [0.05, 0.1) is 12.7 Å². The molecule has 0 radical (unpaired) electrons. The molecule has 0 atom stereocenters. The highest BCUT2D eigenvalue weighted by Gasteiger charge is 2.17. The zero-order valence-corrected chi connectivity index (χ0v) is 13.6. The molecule has 0 fully saturated rings. The molecule has 0 N–H and O–H groups in total. The molecular formula is C20H20N2O2+2. The van der Waals surface area contributed by atoms with Crippen molar-refractivity contribution in [2.75, 3.05) is 7.11 Å². The Balaban J connectivity index is 1.90. The number of pyridine rings is 2. The molecule has 0 aliphatic rings. The van der Waals surface area contributed by atoms with Crippen molar-refractivity contribution in [3.63, 3.8) is 0 Å². The van der Waals surface area contributed by atoms with Crippen LogP contribution in [0.3, 0.4) is 0 Å². The average molecular weight is 320 g/mol. The number of aromatic nitrogens is 2. The summed E-state index contributed by atoms with van der Waals surface area (Å²) in [6.07, 6.45) is 7.97. The molecule has 0 aliphatic heterocycles. The van der Waals surface area contributed by atoms with Crippen molar-refractivity contribution in [1.29, 1.82) is 0 Å².